The van der Waals surface area contributed by atoms with E-state index in [0.717, 1.165) is 10.4 Å². The van der Waals surface area contributed by atoms with Crippen LogP contribution in [-0.4, -0.2) is 11.0 Å². The van der Waals surface area contributed by atoms with Gasteiger partial charge in [-0.2, -0.15) is 0 Å². The number of amides is 1. The molecular formula is C14H15N3OS2. The van der Waals surface area contributed by atoms with Gasteiger partial charge in [-0.1, -0.05) is 30.3 Å². The van der Waals surface area contributed by atoms with Gasteiger partial charge in [-0.3, -0.25) is 15.6 Å². The van der Waals surface area contributed by atoms with Crippen LogP contribution in [0.1, 0.15) is 20.8 Å². The van der Waals surface area contributed by atoms with Gasteiger partial charge in [-0.05, 0) is 30.8 Å². The summed E-state index contributed by atoms with van der Waals surface area (Å²) in [7, 11) is 0. The van der Waals surface area contributed by atoms with Gasteiger partial charge in [-0.25, -0.2) is 0 Å². The van der Waals surface area contributed by atoms with Crippen molar-refractivity contribution in [3.05, 3.63) is 57.8 Å². The Morgan fingerprint density at radius 1 is 1.25 bits per heavy atom. The summed E-state index contributed by atoms with van der Waals surface area (Å²) in [6.45, 7) is 2.57. The average molecular weight is 305 g/mol. The zero-order valence-electron chi connectivity index (χ0n) is 11.0. The van der Waals surface area contributed by atoms with Gasteiger partial charge in [0.05, 0.1) is 5.56 Å². The number of thiocarbonyl (C=S) groups is 1. The largest absolute Gasteiger partial charge is 0.357 e. The van der Waals surface area contributed by atoms with Crippen LogP contribution in [0, 0.1) is 6.92 Å². The first kappa shape index (κ1) is 14.5. The quantitative estimate of drug-likeness (QED) is 0.602. The lowest BCUT2D eigenvalue weighted by Gasteiger charge is -2.11. The highest BCUT2D eigenvalue weighted by Gasteiger charge is 2.07. The standard InChI is InChI=1S/C14H15N3OS2/c1-10-7-12(9-20-10)13(18)16-17-14(19)15-8-11-5-3-2-4-6-11/h2-7,9H,8H2,1H3,(H,16,18)(H2,15,17,19). The fourth-order valence-electron chi connectivity index (χ4n) is 1.57. The van der Waals surface area contributed by atoms with Crippen LogP contribution in [0.15, 0.2) is 41.8 Å². The number of hydrogen-bond donors (Lipinski definition) is 3. The van der Waals surface area contributed by atoms with Gasteiger partial charge >= 0.3 is 0 Å². The molecular weight excluding hydrogens is 290 g/mol. The molecule has 0 unspecified atom stereocenters. The Kier molecular flexibility index (Phi) is 5.09. The van der Waals surface area contributed by atoms with Crippen LogP contribution in [0.2, 0.25) is 0 Å². The minimum Gasteiger partial charge on any atom is -0.357 e. The van der Waals surface area contributed by atoms with Crippen molar-refractivity contribution >= 4 is 34.6 Å². The maximum atomic E-state index is 11.8. The highest BCUT2D eigenvalue weighted by atomic mass is 32.1. The normalized spacial score (nSPS) is 9.85. The number of nitrogens with one attached hydrogen (secondary N) is 3. The van der Waals surface area contributed by atoms with E-state index in [9.17, 15) is 4.79 Å². The number of hydrogen-bond acceptors (Lipinski definition) is 3. The summed E-state index contributed by atoms with van der Waals surface area (Å²) in [5.41, 5.74) is 7.00. The fourth-order valence-corrected chi connectivity index (χ4v) is 2.38. The zero-order chi connectivity index (χ0) is 14.4. The van der Waals surface area contributed by atoms with Gasteiger partial charge in [0.1, 0.15) is 0 Å². The third kappa shape index (κ3) is 4.32. The summed E-state index contributed by atoms with van der Waals surface area (Å²) < 4.78 is 0. The fraction of sp³-hybridized carbons (Fsp3) is 0.143. The Labute approximate surface area is 127 Å². The van der Waals surface area contributed by atoms with Crippen molar-refractivity contribution in [2.75, 3.05) is 0 Å². The van der Waals surface area contributed by atoms with Gasteiger partial charge < -0.3 is 5.32 Å². The van der Waals surface area contributed by atoms with Crippen molar-refractivity contribution in [1.82, 2.24) is 16.2 Å². The van der Waals surface area contributed by atoms with Gasteiger partial charge in [0.15, 0.2) is 5.11 Å². The maximum absolute atomic E-state index is 11.8. The summed E-state index contributed by atoms with van der Waals surface area (Å²) in [5.74, 6) is -0.196. The minimum atomic E-state index is -0.196. The van der Waals surface area contributed by atoms with E-state index >= 15 is 0 Å². The molecule has 1 heterocycles. The number of carbonyl (C=O) groups is 1. The molecule has 1 aromatic heterocycles. The van der Waals surface area contributed by atoms with Crippen molar-refractivity contribution in [3.8, 4) is 0 Å². The highest BCUT2D eigenvalue weighted by Crippen LogP contribution is 2.12. The molecule has 4 nitrogen and oxygen atoms in total. The summed E-state index contributed by atoms with van der Waals surface area (Å²) >= 11 is 6.63. The predicted molar refractivity (Wildman–Crippen MR) is 85.5 cm³/mol. The SMILES string of the molecule is Cc1cc(C(=O)NNC(=S)NCc2ccccc2)cs1. The second kappa shape index (κ2) is 7.02. The first-order valence-electron chi connectivity index (χ1n) is 6.08. The topological polar surface area (TPSA) is 53.2 Å². The molecule has 2 aromatic rings. The van der Waals surface area contributed by atoms with Crippen LogP contribution < -0.4 is 16.2 Å². The van der Waals surface area contributed by atoms with E-state index in [1.807, 2.05) is 48.7 Å². The van der Waals surface area contributed by atoms with Crippen molar-refractivity contribution in [2.24, 2.45) is 0 Å². The summed E-state index contributed by atoms with van der Waals surface area (Å²) in [6.07, 6.45) is 0. The third-order valence-electron chi connectivity index (χ3n) is 2.58. The Morgan fingerprint density at radius 3 is 2.65 bits per heavy atom. The van der Waals surface area contributed by atoms with Gasteiger partial charge in [0.2, 0.25) is 0 Å². The first-order valence-corrected chi connectivity index (χ1v) is 7.37. The maximum Gasteiger partial charge on any atom is 0.270 e. The van der Waals surface area contributed by atoms with Crippen LogP contribution in [-0.2, 0) is 6.54 Å². The van der Waals surface area contributed by atoms with Crippen LogP contribution >= 0.6 is 23.6 Å². The molecule has 0 aliphatic carbocycles. The zero-order valence-corrected chi connectivity index (χ0v) is 12.6. The molecule has 3 N–H and O–H groups in total. The summed E-state index contributed by atoms with van der Waals surface area (Å²) in [6, 6.07) is 11.7. The third-order valence-corrected chi connectivity index (χ3v) is 3.69. The van der Waals surface area contributed by atoms with E-state index in [1.54, 1.807) is 0 Å². The predicted octanol–water partition coefficient (Wildman–Crippen LogP) is 2.37. The number of carbonyl (C=O) groups excluding carboxylic acids is 1. The Balaban J connectivity index is 1.74. The molecule has 0 atom stereocenters. The lowest BCUT2D eigenvalue weighted by atomic mass is 10.2. The van der Waals surface area contributed by atoms with Gasteiger partial charge in [0.25, 0.3) is 5.91 Å². The van der Waals surface area contributed by atoms with Crippen LogP contribution in [0.4, 0.5) is 0 Å². The number of rotatable bonds is 3. The summed E-state index contributed by atoms with van der Waals surface area (Å²) in [4.78, 5) is 12.9. The van der Waals surface area contributed by atoms with Gasteiger partial charge in [0, 0.05) is 16.8 Å². The first-order chi connectivity index (χ1) is 9.65. The molecule has 1 aromatic carbocycles. The lowest BCUT2D eigenvalue weighted by molar-refractivity contribution is 0.0944. The molecule has 0 aliphatic heterocycles. The molecule has 1 amide bonds. The Bertz CT molecular complexity index is 595. The number of aryl methyl sites for hydroxylation is 1. The van der Waals surface area contributed by atoms with E-state index < -0.39 is 0 Å². The number of benzene rings is 1. The van der Waals surface area contributed by atoms with Crippen molar-refractivity contribution in [3.63, 3.8) is 0 Å². The average Bonchev–Trinajstić information content (AvgIpc) is 2.90. The summed E-state index contributed by atoms with van der Waals surface area (Å²) in [5, 5.41) is 5.21. The van der Waals surface area contributed by atoms with Crippen molar-refractivity contribution in [2.45, 2.75) is 13.5 Å². The molecule has 0 spiro atoms. The monoisotopic (exact) mass is 305 g/mol. The molecule has 0 bridgehead atoms. The Hall–Kier alpha value is -1.92. The molecule has 6 heteroatoms. The van der Waals surface area contributed by atoms with E-state index in [4.69, 9.17) is 12.2 Å². The van der Waals surface area contributed by atoms with E-state index in [1.165, 1.54) is 11.3 Å². The van der Waals surface area contributed by atoms with Crippen LogP contribution in [0.5, 0.6) is 0 Å². The van der Waals surface area contributed by atoms with Crippen molar-refractivity contribution < 1.29 is 4.79 Å². The van der Waals surface area contributed by atoms with E-state index in [0.29, 0.717) is 17.2 Å². The Morgan fingerprint density at radius 2 is 2.00 bits per heavy atom. The van der Waals surface area contributed by atoms with Gasteiger partial charge in [-0.15, -0.1) is 11.3 Å². The second-order valence-electron chi connectivity index (χ2n) is 4.19. The van der Waals surface area contributed by atoms with E-state index in [-0.39, 0.29) is 5.91 Å². The molecule has 0 aliphatic rings. The lowest BCUT2D eigenvalue weighted by Crippen LogP contribution is -2.46. The minimum absolute atomic E-state index is 0.196. The van der Waals surface area contributed by atoms with Crippen LogP contribution in [0.25, 0.3) is 0 Å². The van der Waals surface area contributed by atoms with Crippen LogP contribution in [0.3, 0.4) is 0 Å². The molecule has 0 saturated carbocycles. The number of hydrazine groups is 1. The molecule has 2 rings (SSSR count). The molecule has 20 heavy (non-hydrogen) atoms. The number of thiophene rings is 1. The van der Waals surface area contributed by atoms with E-state index in [2.05, 4.69) is 16.2 Å². The molecule has 0 saturated heterocycles. The highest BCUT2D eigenvalue weighted by molar-refractivity contribution is 7.80. The molecule has 0 radical (unpaired) electrons. The second-order valence-corrected chi connectivity index (χ2v) is 5.72. The smallest absolute Gasteiger partial charge is 0.270 e. The van der Waals surface area contributed by atoms with Crippen molar-refractivity contribution in [1.29, 1.82) is 0 Å². The molecule has 104 valence electrons. The molecule has 0 fully saturated rings.